The summed E-state index contributed by atoms with van der Waals surface area (Å²) in [7, 11) is 1.40. The number of ether oxygens (including phenoxy) is 1. The van der Waals surface area contributed by atoms with E-state index in [1.54, 1.807) is 24.3 Å². The van der Waals surface area contributed by atoms with Crippen LogP contribution in [-0.4, -0.2) is 30.1 Å². The average Bonchev–Trinajstić information content (AvgIpc) is 3.02. The van der Waals surface area contributed by atoms with Crippen LogP contribution in [0.5, 0.6) is 0 Å². The quantitative estimate of drug-likeness (QED) is 0.800. The predicted octanol–water partition coefficient (Wildman–Crippen LogP) is 3.18. The number of carbonyl (C=O) groups excluding carboxylic acids is 1. The summed E-state index contributed by atoms with van der Waals surface area (Å²) in [6.07, 6.45) is 3.85. The van der Waals surface area contributed by atoms with Crippen molar-refractivity contribution in [3.63, 3.8) is 0 Å². The van der Waals surface area contributed by atoms with E-state index < -0.39 is 24.0 Å². The molecule has 23 heavy (non-hydrogen) atoms. The first-order chi connectivity index (χ1) is 11.0. The fraction of sp³-hybridized carbons (Fsp3) is 0.529. The molecule has 1 aromatic rings. The van der Waals surface area contributed by atoms with Crippen LogP contribution in [0.1, 0.15) is 43.8 Å². The van der Waals surface area contributed by atoms with Gasteiger partial charge in [0.1, 0.15) is 6.04 Å². The van der Waals surface area contributed by atoms with Gasteiger partial charge >= 0.3 is 5.97 Å². The van der Waals surface area contributed by atoms with E-state index in [-0.39, 0.29) is 0 Å². The molecule has 2 unspecified atom stereocenters. The Morgan fingerprint density at radius 2 is 2.00 bits per heavy atom. The van der Waals surface area contributed by atoms with E-state index in [1.807, 2.05) is 0 Å². The molecule has 126 valence electrons. The number of carboxylic acid groups (broad SMARTS) is 1. The zero-order valence-corrected chi connectivity index (χ0v) is 13.9. The van der Waals surface area contributed by atoms with Gasteiger partial charge < -0.3 is 15.2 Å². The summed E-state index contributed by atoms with van der Waals surface area (Å²) in [6.45, 7) is 0. The van der Waals surface area contributed by atoms with Gasteiger partial charge in [0.05, 0.1) is 0 Å². The van der Waals surface area contributed by atoms with Gasteiger partial charge in [-0.05, 0) is 18.4 Å². The summed E-state index contributed by atoms with van der Waals surface area (Å²) in [5, 5.41) is 12.4. The molecule has 0 spiro atoms. The molecular formula is C17H22ClNO4. The van der Waals surface area contributed by atoms with Crippen molar-refractivity contribution in [2.45, 2.75) is 44.2 Å². The Balaban J connectivity index is 2.06. The van der Waals surface area contributed by atoms with E-state index in [2.05, 4.69) is 5.32 Å². The number of nitrogens with one attached hydrogen (secondary N) is 1. The summed E-state index contributed by atoms with van der Waals surface area (Å²) in [5.41, 5.74) is 0.527. The molecule has 0 bridgehead atoms. The number of hydrogen-bond donors (Lipinski definition) is 2. The van der Waals surface area contributed by atoms with Crippen LogP contribution in [0.3, 0.4) is 0 Å². The Kier molecular flexibility index (Phi) is 6.42. The summed E-state index contributed by atoms with van der Waals surface area (Å²) in [5.74, 6) is -1.14. The highest BCUT2D eigenvalue weighted by atomic mass is 35.5. The summed E-state index contributed by atoms with van der Waals surface area (Å²) in [4.78, 5) is 23.9. The number of carbonyl (C=O) groups is 2. The first-order valence-corrected chi connectivity index (χ1v) is 8.21. The number of rotatable bonds is 7. The molecule has 2 N–H and O–H groups in total. The lowest BCUT2D eigenvalue weighted by Gasteiger charge is -2.22. The normalized spacial score (nSPS) is 17.7. The third-order valence-electron chi connectivity index (χ3n) is 4.32. The van der Waals surface area contributed by atoms with Gasteiger partial charge in [-0.3, -0.25) is 4.79 Å². The van der Waals surface area contributed by atoms with E-state index in [0.717, 1.165) is 25.7 Å². The van der Waals surface area contributed by atoms with Crippen LogP contribution in [0.2, 0.25) is 5.02 Å². The maximum atomic E-state index is 12.5. The van der Waals surface area contributed by atoms with Crippen LogP contribution in [0.4, 0.5) is 0 Å². The number of halogens is 1. The van der Waals surface area contributed by atoms with Crippen molar-refractivity contribution in [2.75, 3.05) is 7.11 Å². The summed E-state index contributed by atoms with van der Waals surface area (Å²) >= 11 is 6.10. The minimum atomic E-state index is -1.01. The second-order valence-electron chi connectivity index (χ2n) is 5.92. The maximum Gasteiger partial charge on any atom is 0.326 e. The fourth-order valence-electron chi connectivity index (χ4n) is 3.11. The first kappa shape index (κ1) is 17.8. The highest BCUT2D eigenvalue weighted by molar-refractivity contribution is 6.31. The number of hydrogen-bond acceptors (Lipinski definition) is 3. The second-order valence-corrected chi connectivity index (χ2v) is 6.33. The highest BCUT2D eigenvalue weighted by Crippen LogP contribution is 2.29. The molecule has 1 aliphatic rings. The zero-order valence-electron chi connectivity index (χ0n) is 13.1. The van der Waals surface area contributed by atoms with E-state index in [1.165, 1.54) is 7.11 Å². The molecule has 1 aliphatic carbocycles. The van der Waals surface area contributed by atoms with Crippen molar-refractivity contribution < 1.29 is 19.4 Å². The number of carboxylic acids is 1. The van der Waals surface area contributed by atoms with Crippen molar-refractivity contribution in [3.8, 4) is 0 Å². The molecule has 0 heterocycles. The Labute approximate surface area is 141 Å². The molecule has 2 rings (SSSR count). The zero-order chi connectivity index (χ0) is 16.8. The van der Waals surface area contributed by atoms with Crippen molar-refractivity contribution in [1.29, 1.82) is 0 Å². The summed E-state index contributed by atoms with van der Waals surface area (Å²) in [6, 6.07) is 5.99. The smallest absolute Gasteiger partial charge is 0.326 e. The Morgan fingerprint density at radius 1 is 1.35 bits per heavy atom. The summed E-state index contributed by atoms with van der Waals surface area (Å²) < 4.78 is 5.24. The lowest BCUT2D eigenvalue weighted by atomic mass is 9.98. The molecule has 6 heteroatoms. The molecule has 1 saturated carbocycles. The first-order valence-electron chi connectivity index (χ1n) is 7.83. The Hall–Kier alpha value is -1.59. The van der Waals surface area contributed by atoms with Crippen molar-refractivity contribution in [2.24, 2.45) is 5.92 Å². The Bertz CT molecular complexity index is 557. The molecule has 0 radical (unpaired) electrons. The average molecular weight is 340 g/mol. The van der Waals surface area contributed by atoms with Crippen LogP contribution in [-0.2, 0) is 14.3 Å². The molecule has 1 fully saturated rings. The van der Waals surface area contributed by atoms with Gasteiger partial charge in [0.15, 0.2) is 6.10 Å². The van der Waals surface area contributed by atoms with Crippen LogP contribution < -0.4 is 5.32 Å². The van der Waals surface area contributed by atoms with Crippen LogP contribution in [0.25, 0.3) is 0 Å². The molecular weight excluding hydrogens is 318 g/mol. The predicted molar refractivity (Wildman–Crippen MR) is 87.3 cm³/mol. The highest BCUT2D eigenvalue weighted by Gasteiger charge is 2.30. The van der Waals surface area contributed by atoms with Gasteiger partial charge in [-0.1, -0.05) is 55.5 Å². The fourth-order valence-corrected chi connectivity index (χ4v) is 3.35. The molecule has 0 saturated heterocycles. The number of benzene rings is 1. The minimum Gasteiger partial charge on any atom is -0.480 e. The van der Waals surface area contributed by atoms with Crippen LogP contribution in [0.15, 0.2) is 24.3 Å². The van der Waals surface area contributed by atoms with Crippen LogP contribution in [0, 0.1) is 5.92 Å². The van der Waals surface area contributed by atoms with E-state index in [0.29, 0.717) is 22.9 Å². The van der Waals surface area contributed by atoms with Crippen molar-refractivity contribution >= 4 is 23.5 Å². The van der Waals surface area contributed by atoms with Crippen molar-refractivity contribution in [3.05, 3.63) is 34.9 Å². The van der Waals surface area contributed by atoms with E-state index in [4.69, 9.17) is 16.3 Å². The monoisotopic (exact) mass is 339 g/mol. The third-order valence-corrected chi connectivity index (χ3v) is 4.66. The topological polar surface area (TPSA) is 75.6 Å². The molecule has 1 aromatic carbocycles. The van der Waals surface area contributed by atoms with Gasteiger partial charge in [0.2, 0.25) is 0 Å². The number of methoxy groups -OCH3 is 1. The lowest BCUT2D eigenvalue weighted by molar-refractivity contribution is -0.144. The van der Waals surface area contributed by atoms with Gasteiger partial charge in [-0.25, -0.2) is 4.79 Å². The SMILES string of the molecule is COC(C(=O)NC(CC1CCCC1)C(=O)O)c1ccccc1Cl. The standard InChI is InChI=1S/C17H22ClNO4/c1-23-15(12-8-4-5-9-13(12)18)16(20)19-14(17(21)22)10-11-6-2-3-7-11/h4-5,8-9,11,14-15H,2-3,6-7,10H2,1H3,(H,19,20)(H,21,22). The third kappa shape index (κ3) is 4.69. The second kappa shape index (κ2) is 8.31. The number of amides is 1. The minimum absolute atomic E-state index is 0.359. The van der Waals surface area contributed by atoms with Crippen molar-refractivity contribution in [1.82, 2.24) is 5.32 Å². The molecule has 5 nitrogen and oxygen atoms in total. The molecule has 0 aliphatic heterocycles. The van der Waals surface area contributed by atoms with Gasteiger partial charge in [0, 0.05) is 17.7 Å². The molecule has 0 aromatic heterocycles. The van der Waals surface area contributed by atoms with E-state index in [9.17, 15) is 14.7 Å². The Morgan fingerprint density at radius 3 is 2.57 bits per heavy atom. The maximum absolute atomic E-state index is 12.5. The molecule has 1 amide bonds. The molecule has 2 atom stereocenters. The number of aliphatic carboxylic acids is 1. The largest absolute Gasteiger partial charge is 0.480 e. The van der Waals surface area contributed by atoms with Gasteiger partial charge in [-0.2, -0.15) is 0 Å². The van der Waals surface area contributed by atoms with Crippen LogP contribution >= 0.6 is 11.6 Å². The van der Waals surface area contributed by atoms with E-state index >= 15 is 0 Å². The van der Waals surface area contributed by atoms with Gasteiger partial charge in [-0.15, -0.1) is 0 Å². The van der Waals surface area contributed by atoms with Gasteiger partial charge in [0.25, 0.3) is 5.91 Å². The lowest BCUT2D eigenvalue weighted by Crippen LogP contribution is -2.44.